The number of benzene rings is 2. The molecule has 190 valence electrons. The van der Waals surface area contributed by atoms with Gasteiger partial charge in [-0.3, -0.25) is 0 Å². The average Bonchev–Trinajstić information content (AvgIpc) is 2.84. The molecule has 0 N–H and O–H groups in total. The van der Waals surface area contributed by atoms with Gasteiger partial charge in [0.05, 0.1) is 12.7 Å². The van der Waals surface area contributed by atoms with E-state index in [0.29, 0.717) is 60.1 Å². The van der Waals surface area contributed by atoms with Crippen LogP contribution in [0.4, 0.5) is 15.0 Å². The Morgan fingerprint density at radius 1 is 1.08 bits per heavy atom. The van der Waals surface area contributed by atoms with Crippen LogP contribution in [0.5, 0.6) is 5.75 Å². The van der Waals surface area contributed by atoms with Crippen molar-refractivity contribution in [2.45, 2.75) is 32.8 Å². The van der Waals surface area contributed by atoms with E-state index in [1.54, 1.807) is 41.4 Å². The van der Waals surface area contributed by atoms with Gasteiger partial charge in [0, 0.05) is 43.8 Å². The summed E-state index contributed by atoms with van der Waals surface area (Å²) < 4.78 is 26.6. The number of halogens is 2. The number of pyridine rings is 1. The standard InChI is InChI=1S/C28H31ClFN3O3/c1-28(2,3)36-27(34)33-14-12-32(13-15-33)24-17-19(10-11-31-24)16-21-8-9-23(35-4)25(26(21)30)20-6-5-7-22(29)18-20/h5-11,17-18H,12-16H2,1-4H3. The Bertz CT molecular complexity index is 1240. The van der Waals surface area contributed by atoms with Crippen LogP contribution in [0.25, 0.3) is 11.1 Å². The molecule has 2 heterocycles. The summed E-state index contributed by atoms with van der Waals surface area (Å²) in [5.74, 6) is 0.929. The van der Waals surface area contributed by atoms with Crippen molar-refractivity contribution < 1.29 is 18.7 Å². The van der Waals surface area contributed by atoms with Gasteiger partial charge in [-0.05, 0) is 67.8 Å². The second-order valence-electron chi connectivity index (χ2n) is 9.78. The number of carbonyl (C=O) groups is 1. The molecule has 3 aromatic rings. The highest BCUT2D eigenvalue weighted by Gasteiger charge is 2.26. The highest BCUT2D eigenvalue weighted by molar-refractivity contribution is 6.30. The number of methoxy groups -OCH3 is 1. The van der Waals surface area contributed by atoms with Crippen LogP contribution in [-0.4, -0.2) is 54.9 Å². The summed E-state index contributed by atoms with van der Waals surface area (Å²) in [6, 6.07) is 14.5. The first-order valence-electron chi connectivity index (χ1n) is 11.9. The molecule has 1 saturated heterocycles. The largest absolute Gasteiger partial charge is 0.496 e. The fraction of sp³-hybridized carbons (Fsp3) is 0.357. The number of ether oxygens (including phenoxy) is 2. The Morgan fingerprint density at radius 2 is 1.83 bits per heavy atom. The van der Waals surface area contributed by atoms with Gasteiger partial charge in [0.2, 0.25) is 0 Å². The molecule has 0 unspecified atom stereocenters. The fourth-order valence-corrected chi connectivity index (χ4v) is 4.42. The quantitative estimate of drug-likeness (QED) is 0.408. The number of carbonyl (C=O) groups excluding carboxylic acids is 1. The lowest BCUT2D eigenvalue weighted by atomic mass is 9.97. The molecule has 36 heavy (non-hydrogen) atoms. The van der Waals surface area contributed by atoms with Crippen LogP contribution in [0.3, 0.4) is 0 Å². The van der Waals surface area contributed by atoms with Crippen molar-refractivity contribution in [3.63, 3.8) is 0 Å². The normalized spacial score (nSPS) is 14.1. The zero-order valence-corrected chi connectivity index (χ0v) is 21.8. The number of hydrogen-bond donors (Lipinski definition) is 0. The summed E-state index contributed by atoms with van der Waals surface area (Å²) in [5, 5.41) is 0.532. The van der Waals surface area contributed by atoms with Crippen LogP contribution in [0.2, 0.25) is 5.02 Å². The summed E-state index contributed by atoms with van der Waals surface area (Å²) in [7, 11) is 1.53. The lowest BCUT2D eigenvalue weighted by Crippen LogP contribution is -2.50. The van der Waals surface area contributed by atoms with E-state index in [0.717, 1.165) is 11.4 Å². The molecule has 6 nitrogen and oxygen atoms in total. The van der Waals surface area contributed by atoms with Gasteiger partial charge >= 0.3 is 6.09 Å². The number of hydrogen-bond acceptors (Lipinski definition) is 5. The molecule has 0 spiro atoms. The maximum atomic E-state index is 15.7. The Morgan fingerprint density at radius 3 is 2.50 bits per heavy atom. The Labute approximate surface area is 216 Å². The van der Waals surface area contributed by atoms with Gasteiger partial charge < -0.3 is 19.3 Å². The highest BCUT2D eigenvalue weighted by atomic mass is 35.5. The van der Waals surface area contributed by atoms with Gasteiger partial charge in [0.1, 0.15) is 23.0 Å². The summed E-state index contributed by atoms with van der Waals surface area (Å²) >= 11 is 6.15. The van der Waals surface area contributed by atoms with Crippen molar-refractivity contribution >= 4 is 23.5 Å². The van der Waals surface area contributed by atoms with Crippen LogP contribution in [-0.2, 0) is 11.2 Å². The topological polar surface area (TPSA) is 54.9 Å². The second kappa shape index (κ2) is 10.7. The lowest BCUT2D eigenvalue weighted by Gasteiger charge is -2.36. The molecular formula is C28H31ClFN3O3. The van der Waals surface area contributed by atoms with Crippen LogP contribution in [0, 0.1) is 5.82 Å². The van der Waals surface area contributed by atoms with E-state index in [9.17, 15) is 4.79 Å². The summed E-state index contributed by atoms with van der Waals surface area (Å²) in [5.41, 5.74) is 2.03. The molecule has 1 aliphatic rings. The second-order valence-corrected chi connectivity index (χ2v) is 10.2. The van der Waals surface area contributed by atoms with Gasteiger partial charge in [0.25, 0.3) is 0 Å². The van der Waals surface area contributed by atoms with E-state index in [4.69, 9.17) is 21.1 Å². The van der Waals surface area contributed by atoms with Crippen molar-refractivity contribution in [3.05, 3.63) is 76.7 Å². The fourth-order valence-electron chi connectivity index (χ4n) is 4.23. The maximum Gasteiger partial charge on any atom is 0.410 e. The molecular weight excluding hydrogens is 481 g/mol. The molecule has 0 radical (unpaired) electrons. The smallest absolute Gasteiger partial charge is 0.410 e. The van der Waals surface area contributed by atoms with E-state index in [1.165, 1.54) is 7.11 Å². The minimum absolute atomic E-state index is 0.297. The van der Waals surface area contributed by atoms with Crippen molar-refractivity contribution in [3.8, 4) is 16.9 Å². The molecule has 1 aliphatic heterocycles. The SMILES string of the molecule is COc1ccc(Cc2ccnc(N3CCN(C(=O)OC(C)(C)C)CC3)c2)c(F)c1-c1cccc(Cl)c1. The van der Waals surface area contributed by atoms with Crippen molar-refractivity contribution in [1.29, 1.82) is 0 Å². The summed E-state index contributed by atoms with van der Waals surface area (Å²) in [6.45, 7) is 7.98. The van der Waals surface area contributed by atoms with E-state index in [-0.39, 0.29) is 11.9 Å². The van der Waals surface area contributed by atoms with E-state index >= 15 is 4.39 Å². The molecule has 1 amide bonds. The third-order valence-corrected chi connectivity index (χ3v) is 6.21. The molecule has 0 bridgehead atoms. The van der Waals surface area contributed by atoms with E-state index in [1.807, 2.05) is 39.0 Å². The van der Waals surface area contributed by atoms with Gasteiger partial charge in [-0.1, -0.05) is 29.8 Å². The zero-order valence-electron chi connectivity index (χ0n) is 21.1. The zero-order chi connectivity index (χ0) is 25.9. The molecule has 0 atom stereocenters. The van der Waals surface area contributed by atoms with Gasteiger partial charge in [-0.15, -0.1) is 0 Å². The van der Waals surface area contributed by atoms with Crippen molar-refractivity contribution in [1.82, 2.24) is 9.88 Å². The predicted molar refractivity (Wildman–Crippen MR) is 140 cm³/mol. The predicted octanol–water partition coefficient (Wildman–Crippen LogP) is 6.20. The van der Waals surface area contributed by atoms with Crippen LogP contribution >= 0.6 is 11.6 Å². The first-order valence-corrected chi connectivity index (χ1v) is 12.3. The maximum absolute atomic E-state index is 15.7. The number of nitrogens with zero attached hydrogens (tertiary/aromatic N) is 3. The first-order chi connectivity index (χ1) is 17.1. The van der Waals surface area contributed by atoms with Crippen molar-refractivity contribution in [2.75, 3.05) is 38.2 Å². The molecule has 1 fully saturated rings. The van der Waals surface area contributed by atoms with Gasteiger partial charge in [-0.2, -0.15) is 0 Å². The first kappa shape index (κ1) is 25.8. The number of rotatable bonds is 5. The van der Waals surface area contributed by atoms with Gasteiger partial charge in [0.15, 0.2) is 0 Å². The lowest BCUT2D eigenvalue weighted by molar-refractivity contribution is 0.0240. The van der Waals surface area contributed by atoms with E-state index in [2.05, 4.69) is 9.88 Å². The molecule has 0 aliphatic carbocycles. The number of piperazine rings is 1. The number of aromatic nitrogens is 1. The Hall–Kier alpha value is -3.32. The third-order valence-electron chi connectivity index (χ3n) is 5.98. The average molecular weight is 512 g/mol. The summed E-state index contributed by atoms with van der Waals surface area (Å²) in [4.78, 5) is 20.7. The van der Waals surface area contributed by atoms with Crippen molar-refractivity contribution in [2.24, 2.45) is 0 Å². The Kier molecular flexibility index (Phi) is 7.69. The van der Waals surface area contributed by atoms with Gasteiger partial charge in [-0.25, -0.2) is 14.2 Å². The molecule has 0 saturated carbocycles. The highest BCUT2D eigenvalue weighted by Crippen LogP contribution is 2.36. The molecule has 1 aromatic heterocycles. The molecule has 8 heteroatoms. The minimum Gasteiger partial charge on any atom is -0.496 e. The monoisotopic (exact) mass is 511 g/mol. The minimum atomic E-state index is -0.520. The number of anilines is 1. The third kappa shape index (κ3) is 6.08. The molecule has 4 rings (SSSR count). The number of amides is 1. The summed E-state index contributed by atoms with van der Waals surface area (Å²) in [6.07, 6.45) is 1.84. The Balaban J connectivity index is 1.50. The van der Waals surface area contributed by atoms with E-state index < -0.39 is 5.60 Å². The molecule has 2 aromatic carbocycles. The van der Waals surface area contributed by atoms with Crippen LogP contribution in [0.15, 0.2) is 54.7 Å². The van der Waals surface area contributed by atoms with Crippen LogP contribution < -0.4 is 9.64 Å². The van der Waals surface area contributed by atoms with Crippen LogP contribution in [0.1, 0.15) is 31.9 Å².